The summed E-state index contributed by atoms with van der Waals surface area (Å²) >= 11 is 0. The molecule has 1 atom stereocenters. The first-order valence-corrected chi connectivity index (χ1v) is 8.40. The smallest absolute Gasteiger partial charge is 0.355 e. The summed E-state index contributed by atoms with van der Waals surface area (Å²) in [7, 11) is 0. The number of nitrogens with zero attached hydrogens (tertiary/aromatic N) is 1. The predicted molar refractivity (Wildman–Crippen MR) is 92.2 cm³/mol. The molecule has 1 N–H and O–H groups in total. The monoisotopic (exact) mass is 322 g/mol. The second-order valence-electron chi connectivity index (χ2n) is 6.29. The van der Waals surface area contributed by atoms with Crippen LogP contribution in [-0.2, 0) is 11.3 Å². The van der Waals surface area contributed by atoms with Gasteiger partial charge in [0.25, 0.3) is 0 Å². The number of Topliss-reactive ketones (excluding diaryl/α,β-unsaturated/α-hetero) is 1. The minimum Gasteiger partial charge on any atom is -0.461 e. The number of ether oxygens (including phenoxy) is 1. The summed E-state index contributed by atoms with van der Waals surface area (Å²) < 4.78 is 7.02. The summed E-state index contributed by atoms with van der Waals surface area (Å²) in [6.45, 7) is 15.3. The van der Waals surface area contributed by atoms with E-state index in [4.69, 9.17) is 4.74 Å². The number of ketones is 1. The van der Waals surface area contributed by atoms with Crippen molar-refractivity contribution in [1.29, 1.82) is 0 Å². The SMILES string of the molecule is CCOC(=O)c1c(C)c(C(=O)C(C)NCC(C)C)c(C)n1CC. The lowest BCUT2D eigenvalue weighted by atomic mass is 10.0. The maximum atomic E-state index is 12.8. The molecule has 0 aliphatic heterocycles. The van der Waals surface area contributed by atoms with E-state index in [1.807, 2.05) is 32.3 Å². The van der Waals surface area contributed by atoms with Crippen LogP contribution in [0, 0.1) is 19.8 Å². The summed E-state index contributed by atoms with van der Waals surface area (Å²) in [5.41, 5.74) is 2.67. The lowest BCUT2D eigenvalue weighted by molar-refractivity contribution is 0.0512. The Morgan fingerprint density at radius 3 is 2.26 bits per heavy atom. The van der Waals surface area contributed by atoms with Gasteiger partial charge < -0.3 is 14.6 Å². The molecule has 5 nitrogen and oxygen atoms in total. The highest BCUT2D eigenvalue weighted by atomic mass is 16.5. The highest BCUT2D eigenvalue weighted by Gasteiger charge is 2.28. The molecule has 1 aromatic rings. The first kappa shape index (κ1) is 19.4. The van der Waals surface area contributed by atoms with Crippen LogP contribution >= 0.6 is 0 Å². The van der Waals surface area contributed by atoms with Gasteiger partial charge in [0.1, 0.15) is 5.69 Å². The summed E-state index contributed by atoms with van der Waals surface area (Å²) in [6.07, 6.45) is 0. The van der Waals surface area contributed by atoms with E-state index in [-0.39, 0.29) is 17.8 Å². The molecule has 0 spiro atoms. The van der Waals surface area contributed by atoms with Gasteiger partial charge in [0.2, 0.25) is 0 Å². The number of esters is 1. The molecule has 0 aliphatic carbocycles. The van der Waals surface area contributed by atoms with Crippen LogP contribution in [0.3, 0.4) is 0 Å². The van der Waals surface area contributed by atoms with Crippen molar-refractivity contribution in [3.05, 3.63) is 22.5 Å². The molecule has 0 saturated carbocycles. The number of carbonyl (C=O) groups is 2. The Morgan fingerprint density at radius 2 is 1.78 bits per heavy atom. The van der Waals surface area contributed by atoms with Gasteiger partial charge in [-0.15, -0.1) is 0 Å². The number of hydrogen-bond donors (Lipinski definition) is 1. The fourth-order valence-corrected chi connectivity index (χ4v) is 2.84. The van der Waals surface area contributed by atoms with Gasteiger partial charge in [0, 0.05) is 17.8 Å². The molecule has 0 aromatic carbocycles. The van der Waals surface area contributed by atoms with E-state index in [0.717, 1.165) is 12.2 Å². The first-order chi connectivity index (χ1) is 10.8. The molecule has 1 heterocycles. The standard InChI is InChI=1S/C18H30N2O3/c1-8-20-14(7)15(12(5)16(20)18(22)23-9-2)17(21)13(6)19-10-11(3)4/h11,13,19H,8-10H2,1-7H3. The molecule has 0 saturated heterocycles. The maximum absolute atomic E-state index is 12.8. The fraction of sp³-hybridized carbons (Fsp3) is 0.667. The van der Waals surface area contributed by atoms with E-state index in [9.17, 15) is 9.59 Å². The third-order valence-corrected chi connectivity index (χ3v) is 4.02. The van der Waals surface area contributed by atoms with Crippen LogP contribution < -0.4 is 5.32 Å². The maximum Gasteiger partial charge on any atom is 0.355 e. The van der Waals surface area contributed by atoms with E-state index >= 15 is 0 Å². The normalized spacial score (nSPS) is 12.5. The molecule has 0 aliphatic rings. The summed E-state index contributed by atoms with van der Waals surface area (Å²) in [6, 6.07) is -0.280. The zero-order chi connectivity index (χ0) is 17.7. The van der Waals surface area contributed by atoms with Crippen LogP contribution in [-0.4, -0.2) is 35.5 Å². The van der Waals surface area contributed by atoms with Crippen molar-refractivity contribution in [2.45, 2.75) is 61.1 Å². The quantitative estimate of drug-likeness (QED) is 0.590. The van der Waals surface area contributed by atoms with Gasteiger partial charge in [-0.05, 0) is 52.6 Å². The summed E-state index contributed by atoms with van der Waals surface area (Å²) in [5.74, 6) is 0.137. The van der Waals surface area contributed by atoms with Gasteiger partial charge in [-0.2, -0.15) is 0 Å². The van der Waals surface area contributed by atoms with Gasteiger partial charge in [-0.3, -0.25) is 4.79 Å². The topological polar surface area (TPSA) is 60.3 Å². The van der Waals surface area contributed by atoms with Crippen molar-refractivity contribution < 1.29 is 14.3 Å². The molecular formula is C18H30N2O3. The van der Waals surface area contributed by atoms with Gasteiger partial charge in [0.15, 0.2) is 5.78 Å². The number of hydrogen-bond acceptors (Lipinski definition) is 4. The molecule has 1 aromatic heterocycles. The molecule has 5 heteroatoms. The summed E-state index contributed by atoms with van der Waals surface area (Å²) in [5, 5.41) is 3.26. The number of nitrogens with one attached hydrogen (secondary N) is 1. The third-order valence-electron chi connectivity index (χ3n) is 4.02. The number of aromatic nitrogens is 1. The van der Waals surface area contributed by atoms with E-state index in [0.29, 0.717) is 35.9 Å². The summed E-state index contributed by atoms with van der Waals surface area (Å²) in [4.78, 5) is 25.1. The Hall–Kier alpha value is -1.62. The van der Waals surface area contributed by atoms with Crippen molar-refractivity contribution in [2.75, 3.05) is 13.2 Å². The van der Waals surface area contributed by atoms with Crippen molar-refractivity contribution in [2.24, 2.45) is 5.92 Å². The highest BCUT2D eigenvalue weighted by Crippen LogP contribution is 2.24. The van der Waals surface area contributed by atoms with Crippen molar-refractivity contribution in [3.63, 3.8) is 0 Å². The molecule has 1 unspecified atom stereocenters. The molecule has 0 amide bonds. The molecule has 0 bridgehead atoms. The Morgan fingerprint density at radius 1 is 1.17 bits per heavy atom. The Balaban J connectivity index is 3.21. The minimum absolute atomic E-state index is 0.0263. The number of carbonyl (C=O) groups excluding carboxylic acids is 2. The van der Waals surface area contributed by atoms with E-state index in [1.165, 1.54) is 0 Å². The van der Waals surface area contributed by atoms with E-state index in [2.05, 4.69) is 19.2 Å². The Bertz CT molecular complexity index is 573. The van der Waals surface area contributed by atoms with Gasteiger partial charge in [-0.25, -0.2) is 4.79 Å². The molecule has 0 radical (unpaired) electrons. The Labute approximate surface area is 139 Å². The minimum atomic E-state index is -0.364. The van der Waals surface area contributed by atoms with Crippen molar-refractivity contribution in [3.8, 4) is 0 Å². The Kier molecular flexibility index (Phi) is 7.01. The highest BCUT2D eigenvalue weighted by molar-refractivity contribution is 6.05. The average molecular weight is 322 g/mol. The van der Waals surface area contributed by atoms with Gasteiger partial charge in [0.05, 0.1) is 12.6 Å². The van der Waals surface area contributed by atoms with Crippen molar-refractivity contribution in [1.82, 2.24) is 9.88 Å². The first-order valence-electron chi connectivity index (χ1n) is 8.40. The zero-order valence-electron chi connectivity index (χ0n) is 15.4. The van der Waals surface area contributed by atoms with E-state index < -0.39 is 0 Å². The van der Waals surface area contributed by atoms with Gasteiger partial charge >= 0.3 is 5.97 Å². The molecule has 130 valence electrons. The lowest BCUT2D eigenvalue weighted by Crippen LogP contribution is -2.36. The van der Waals surface area contributed by atoms with Crippen LogP contribution in [0.5, 0.6) is 0 Å². The van der Waals surface area contributed by atoms with Crippen molar-refractivity contribution >= 4 is 11.8 Å². The van der Waals surface area contributed by atoms with Crippen LogP contribution in [0.4, 0.5) is 0 Å². The predicted octanol–water partition coefficient (Wildman–Crippen LogP) is 3.12. The van der Waals surface area contributed by atoms with Crippen LogP contribution in [0.25, 0.3) is 0 Å². The lowest BCUT2D eigenvalue weighted by Gasteiger charge is -2.15. The van der Waals surface area contributed by atoms with E-state index in [1.54, 1.807) is 6.92 Å². The largest absolute Gasteiger partial charge is 0.461 e. The average Bonchev–Trinajstić information content (AvgIpc) is 2.74. The second kappa shape index (κ2) is 8.29. The molecule has 23 heavy (non-hydrogen) atoms. The molecule has 1 rings (SSSR count). The molecule has 0 fully saturated rings. The zero-order valence-corrected chi connectivity index (χ0v) is 15.4. The second-order valence-corrected chi connectivity index (χ2v) is 6.29. The van der Waals surface area contributed by atoms with Crippen LogP contribution in [0.1, 0.15) is 66.7 Å². The van der Waals surface area contributed by atoms with Crippen LogP contribution in [0.15, 0.2) is 0 Å². The molecular weight excluding hydrogens is 292 g/mol. The fourth-order valence-electron chi connectivity index (χ4n) is 2.84. The number of rotatable bonds is 8. The third kappa shape index (κ3) is 4.22. The van der Waals surface area contributed by atoms with Gasteiger partial charge in [-0.1, -0.05) is 13.8 Å². The van der Waals surface area contributed by atoms with Crippen LogP contribution in [0.2, 0.25) is 0 Å².